The zero-order valence-corrected chi connectivity index (χ0v) is 22.1. The Kier molecular flexibility index (Phi) is 6.58. The monoisotopic (exact) mass is 513 g/mol. The summed E-state index contributed by atoms with van der Waals surface area (Å²) in [6, 6.07) is 10.7. The molecule has 3 fully saturated rings. The number of nitrogens with one attached hydrogen (secondary N) is 2. The quantitative estimate of drug-likeness (QED) is 0.482. The van der Waals surface area contributed by atoms with Crippen LogP contribution in [-0.2, 0) is 11.3 Å². The van der Waals surface area contributed by atoms with Gasteiger partial charge in [0.2, 0.25) is 0 Å². The molecule has 1 aliphatic carbocycles. The number of carbonyl (C=O) groups is 1. The molecular weight excluding hydrogens is 478 g/mol. The lowest BCUT2D eigenvalue weighted by Gasteiger charge is -2.53. The summed E-state index contributed by atoms with van der Waals surface area (Å²) in [5, 5.41) is 13.6. The molecule has 0 radical (unpaired) electrons. The lowest BCUT2D eigenvalue weighted by molar-refractivity contribution is -0.0310. The molecule has 1 unspecified atom stereocenters. The summed E-state index contributed by atoms with van der Waals surface area (Å²) in [4.78, 5) is 23.4. The van der Waals surface area contributed by atoms with E-state index in [9.17, 15) is 10.1 Å². The second-order valence-corrected chi connectivity index (χ2v) is 11.4. The van der Waals surface area contributed by atoms with Crippen LogP contribution < -0.4 is 10.1 Å². The molecule has 1 aromatic carbocycles. The first-order valence-electron chi connectivity index (χ1n) is 13.6. The van der Waals surface area contributed by atoms with Crippen LogP contribution >= 0.6 is 0 Å². The van der Waals surface area contributed by atoms with Crippen molar-refractivity contribution in [3.8, 4) is 11.8 Å². The molecule has 2 aromatic heterocycles. The number of hydrogen-bond acceptors (Lipinski definition) is 6. The van der Waals surface area contributed by atoms with Crippen LogP contribution in [0.2, 0.25) is 0 Å². The Morgan fingerprint density at radius 2 is 2.16 bits per heavy atom. The van der Waals surface area contributed by atoms with Gasteiger partial charge in [-0.05, 0) is 74.4 Å². The summed E-state index contributed by atoms with van der Waals surface area (Å²) < 4.78 is 11.0. The maximum atomic E-state index is 12.7. The molecule has 0 bridgehead atoms. The summed E-state index contributed by atoms with van der Waals surface area (Å²) in [7, 11) is 1.74. The van der Waals surface area contributed by atoms with Gasteiger partial charge in [0.1, 0.15) is 5.75 Å². The molecule has 2 saturated heterocycles. The Labute approximate surface area is 223 Å². The zero-order valence-electron chi connectivity index (χ0n) is 22.1. The molecule has 8 nitrogen and oxygen atoms in total. The number of rotatable bonds is 7. The van der Waals surface area contributed by atoms with Crippen LogP contribution in [0.15, 0.2) is 36.7 Å². The Morgan fingerprint density at radius 1 is 1.32 bits per heavy atom. The first kappa shape index (κ1) is 24.9. The van der Waals surface area contributed by atoms with Gasteiger partial charge in [-0.3, -0.25) is 14.7 Å². The van der Waals surface area contributed by atoms with E-state index in [2.05, 4.69) is 40.3 Å². The van der Waals surface area contributed by atoms with E-state index in [-0.39, 0.29) is 23.3 Å². The van der Waals surface area contributed by atoms with Gasteiger partial charge in [0.05, 0.1) is 43.7 Å². The van der Waals surface area contributed by atoms with Gasteiger partial charge in [-0.15, -0.1) is 0 Å². The van der Waals surface area contributed by atoms with Crippen molar-refractivity contribution in [3.05, 3.63) is 59.0 Å². The molecule has 8 heteroatoms. The predicted molar refractivity (Wildman–Crippen MR) is 144 cm³/mol. The summed E-state index contributed by atoms with van der Waals surface area (Å²) in [5.41, 5.74) is 5.24. The molecule has 1 amide bonds. The minimum Gasteiger partial charge on any atom is -0.496 e. The number of fused-ring (bicyclic) bond motifs is 1. The number of H-pyrrole nitrogens is 1. The maximum absolute atomic E-state index is 12.7. The molecule has 4 heterocycles. The van der Waals surface area contributed by atoms with Gasteiger partial charge < -0.3 is 19.8 Å². The maximum Gasteiger partial charge on any atom is 0.252 e. The molecule has 1 atom stereocenters. The third kappa shape index (κ3) is 4.55. The number of nitriles is 1. The minimum absolute atomic E-state index is 0.0944. The Morgan fingerprint density at radius 3 is 2.84 bits per heavy atom. The van der Waals surface area contributed by atoms with Crippen LogP contribution in [0.3, 0.4) is 0 Å². The van der Waals surface area contributed by atoms with Crippen LogP contribution in [0.5, 0.6) is 5.75 Å². The minimum atomic E-state index is -0.0944. The Bertz CT molecular complexity index is 1370. The van der Waals surface area contributed by atoms with Crippen molar-refractivity contribution in [2.24, 2.45) is 17.3 Å². The highest BCUT2D eigenvalue weighted by Crippen LogP contribution is 2.56. The molecule has 198 valence electrons. The number of carbonyl (C=O) groups excluding carboxylic acids is 1. The van der Waals surface area contributed by atoms with E-state index < -0.39 is 0 Å². The molecule has 3 aromatic rings. The van der Waals surface area contributed by atoms with E-state index in [0.29, 0.717) is 31.2 Å². The molecule has 6 rings (SSSR count). The molecule has 3 aliphatic rings. The topological polar surface area (TPSA) is 103 Å². The number of aromatic amines is 1. The number of methoxy groups -OCH3 is 1. The fourth-order valence-electron chi connectivity index (χ4n) is 6.57. The van der Waals surface area contributed by atoms with E-state index in [1.807, 2.05) is 18.3 Å². The van der Waals surface area contributed by atoms with Crippen LogP contribution in [0.1, 0.15) is 58.9 Å². The van der Waals surface area contributed by atoms with Crippen LogP contribution in [0, 0.1) is 35.5 Å². The second-order valence-electron chi connectivity index (χ2n) is 11.4. The fraction of sp³-hybridized carbons (Fsp3) is 0.500. The Balaban J connectivity index is 1.26. The van der Waals surface area contributed by atoms with Crippen molar-refractivity contribution in [1.29, 1.82) is 5.26 Å². The summed E-state index contributed by atoms with van der Waals surface area (Å²) in [5.74, 6) is 1.38. The van der Waals surface area contributed by atoms with Crippen molar-refractivity contribution < 1.29 is 14.3 Å². The van der Waals surface area contributed by atoms with E-state index in [0.717, 1.165) is 61.3 Å². The van der Waals surface area contributed by atoms with Crippen molar-refractivity contribution in [2.75, 3.05) is 33.4 Å². The molecule has 1 spiro atoms. The first-order chi connectivity index (χ1) is 18.5. The van der Waals surface area contributed by atoms with Gasteiger partial charge in [-0.2, -0.15) is 5.26 Å². The molecule has 2 N–H and O–H groups in total. The largest absolute Gasteiger partial charge is 0.496 e. The standard InChI is InChI=1S/C30H35N5O3/c1-19-9-27(37-2)24(23-5-7-32-28(19)23)16-35-8-6-30(10-20(11-30)13-31)12-26(35)25-4-3-22(15-33-25)29(36)34-14-21-17-38-18-21/h3-5,7,9,15,20-21,26,32H,6,8,10-12,14,16-18H2,1-2H3,(H,34,36). The number of aryl methyl sites for hydroxylation is 1. The zero-order chi connectivity index (χ0) is 26.3. The normalized spacial score (nSPS) is 25.5. The summed E-state index contributed by atoms with van der Waals surface area (Å²) in [6.45, 7) is 5.83. The van der Waals surface area contributed by atoms with E-state index in [4.69, 9.17) is 14.5 Å². The van der Waals surface area contributed by atoms with Crippen LogP contribution in [0.25, 0.3) is 10.9 Å². The predicted octanol–water partition coefficient (Wildman–Crippen LogP) is 4.51. The number of piperidine rings is 1. The van der Waals surface area contributed by atoms with Gasteiger partial charge in [0.15, 0.2) is 0 Å². The average Bonchev–Trinajstić information content (AvgIpc) is 3.39. The number of likely N-dealkylation sites (tertiary alicyclic amines) is 1. The highest BCUT2D eigenvalue weighted by atomic mass is 16.5. The lowest BCUT2D eigenvalue weighted by Crippen LogP contribution is -2.48. The van der Waals surface area contributed by atoms with Gasteiger partial charge in [0, 0.05) is 53.8 Å². The average molecular weight is 514 g/mol. The van der Waals surface area contributed by atoms with Crippen molar-refractivity contribution >= 4 is 16.8 Å². The van der Waals surface area contributed by atoms with Gasteiger partial charge in [-0.25, -0.2) is 0 Å². The van der Waals surface area contributed by atoms with E-state index in [1.54, 1.807) is 13.3 Å². The van der Waals surface area contributed by atoms with Crippen molar-refractivity contribution in [1.82, 2.24) is 20.2 Å². The summed E-state index contributed by atoms with van der Waals surface area (Å²) in [6.07, 6.45) is 7.68. The van der Waals surface area contributed by atoms with Crippen molar-refractivity contribution in [2.45, 2.75) is 45.2 Å². The smallest absolute Gasteiger partial charge is 0.252 e. The third-order valence-corrected chi connectivity index (χ3v) is 8.88. The number of benzene rings is 1. The van der Waals surface area contributed by atoms with Crippen molar-refractivity contribution in [3.63, 3.8) is 0 Å². The number of amides is 1. The molecule has 2 aliphatic heterocycles. The Hall–Kier alpha value is -3.41. The SMILES string of the molecule is COc1cc(C)c2[nH]ccc2c1CN1CCC2(CC(C#N)C2)CC1c1ccc(C(=O)NCC2COC2)cn1. The number of hydrogen-bond donors (Lipinski definition) is 2. The molecular formula is C30H35N5O3. The van der Waals surface area contributed by atoms with Crippen LogP contribution in [-0.4, -0.2) is 54.2 Å². The lowest BCUT2D eigenvalue weighted by atomic mass is 9.56. The second kappa shape index (κ2) is 10.0. The third-order valence-electron chi connectivity index (χ3n) is 8.88. The fourth-order valence-corrected chi connectivity index (χ4v) is 6.57. The first-order valence-corrected chi connectivity index (χ1v) is 13.6. The highest BCUT2D eigenvalue weighted by molar-refractivity contribution is 5.93. The number of pyridine rings is 1. The highest BCUT2D eigenvalue weighted by Gasteiger charge is 2.49. The summed E-state index contributed by atoms with van der Waals surface area (Å²) >= 11 is 0. The van der Waals surface area contributed by atoms with Gasteiger partial charge in [0.25, 0.3) is 5.91 Å². The number of aromatic nitrogens is 2. The van der Waals surface area contributed by atoms with Crippen LogP contribution in [0.4, 0.5) is 0 Å². The van der Waals surface area contributed by atoms with Gasteiger partial charge >= 0.3 is 0 Å². The molecule has 38 heavy (non-hydrogen) atoms. The van der Waals surface area contributed by atoms with E-state index >= 15 is 0 Å². The van der Waals surface area contributed by atoms with Gasteiger partial charge in [-0.1, -0.05) is 0 Å². The van der Waals surface area contributed by atoms with E-state index in [1.165, 1.54) is 10.9 Å². The number of ether oxygens (including phenoxy) is 2. The molecule has 1 saturated carbocycles. The number of nitrogens with zero attached hydrogens (tertiary/aromatic N) is 3.